The molecule has 1 fully saturated rings. The SMILES string of the molecule is CC(N)(CC(=O)O)C1CC(F)(F)C1. The predicted octanol–water partition coefficient (Wildman–Crippen LogP) is 1.22. The third-order valence-corrected chi connectivity index (χ3v) is 2.55. The molecule has 0 aromatic rings. The smallest absolute Gasteiger partial charge is 0.305 e. The van der Waals surface area contributed by atoms with Crippen LogP contribution in [0, 0.1) is 5.92 Å². The highest BCUT2D eigenvalue weighted by Crippen LogP contribution is 2.47. The summed E-state index contributed by atoms with van der Waals surface area (Å²) in [5.41, 5.74) is 4.62. The van der Waals surface area contributed by atoms with Crippen LogP contribution in [0.1, 0.15) is 26.2 Å². The van der Waals surface area contributed by atoms with Gasteiger partial charge in [-0.1, -0.05) is 0 Å². The fourth-order valence-corrected chi connectivity index (χ4v) is 1.60. The van der Waals surface area contributed by atoms with E-state index in [2.05, 4.69) is 0 Å². The van der Waals surface area contributed by atoms with Gasteiger partial charge >= 0.3 is 5.97 Å². The van der Waals surface area contributed by atoms with Gasteiger partial charge in [-0.3, -0.25) is 4.79 Å². The molecule has 3 N–H and O–H groups in total. The summed E-state index contributed by atoms with van der Waals surface area (Å²) in [4.78, 5) is 10.4. The van der Waals surface area contributed by atoms with E-state index in [9.17, 15) is 13.6 Å². The molecule has 0 amide bonds. The maximum atomic E-state index is 12.5. The molecule has 0 spiro atoms. The molecular formula is C8H13F2NO2. The van der Waals surface area contributed by atoms with Crippen LogP contribution >= 0.6 is 0 Å². The van der Waals surface area contributed by atoms with E-state index in [1.54, 1.807) is 0 Å². The Morgan fingerprint density at radius 3 is 2.46 bits per heavy atom. The monoisotopic (exact) mass is 193 g/mol. The van der Waals surface area contributed by atoms with Crippen molar-refractivity contribution < 1.29 is 18.7 Å². The summed E-state index contributed by atoms with van der Waals surface area (Å²) in [6.07, 6.45) is -0.825. The molecule has 0 aliphatic heterocycles. The Morgan fingerprint density at radius 1 is 1.69 bits per heavy atom. The maximum absolute atomic E-state index is 12.5. The van der Waals surface area contributed by atoms with Crippen LogP contribution in [0.4, 0.5) is 8.78 Å². The van der Waals surface area contributed by atoms with Gasteiger partial charge in [-0.05, 0) is 12.8 Å². The molecule has 0 heterocycles. The fraction of sp³-hybridized carbons (Fsp3) is 0.875. The minimum atomic E-state index is -2.64. The second kappa shape index (κ2) is 2.90. The Labute approximate surface area is 74.9 Å². The Hall–Kier alpha value is -0.710. The van der Waals surface area contributed by atoms with Gasteiger partial charge in [0.1, 0.15) is 0 Å². The highest BCUT2D eigenvalue weighted by atomic mass is 19.3. The Bertz CT molecular complexity index is 220. The highest BCUT2D eigenvalue weighted by molar-refractivity contribution is 5.68. The summed E-state index contributed by atoms with van der Waals surface area (Å²) in [5, 5.41) is 8.48. The number of nitrogens with two attached hydrogens (primary N) is 1. The summed E-state index contributed by atoms with van der Waals surface area (Å²) in [6.45, 7) is 1.51. The predicted molar refractivity (Wildman–Crippen MR) is 42.5 cm³/mol. The topological polar surface area (TPSA) is 63.3 Å². The summed E-state index contributed by atoms with van der Waals surface area (Å²) in [6, 6.07) is 0. The van der Waals surface area contributed by atoms with Gasteiger partial charge in [-0.15, -0.1) is 0 Å². The molecule has 0 aromatic carbocycles. The van der Waals surface area contributed by atoms with Crippen molar-refractivity contribution in [2.45, 2.75) is 37.6 Å². The first-order valence-electron chi connectivity index (χ1n) is 4.11. The first-order chi connectivity index (χ1) is 5.73. The number of halogens is 2. The molecule has 1 rings (SSSR count). The summed E-state index contributed by atoms with van der Waals surface area (Å²) >= 11 is 0. The second-order valence-corrected chi connectivity index (χ2v) is 4.04. The van der Waals surface area contributed by atoms with Crippen molar-refractivity contribution in [3.63, 3.8) is 0 Å². The maximum Gasteiger partial charge on any atom is 0.305 e. The van der Waals surface area contributed by atoms with Crippen molar-refractivity contribution in [3.8, 4) is 0 Å². The normalized spacial score (nSPS) is 26.2. The largest absolute Gasteiger partial charge is 0.481 e. The van der Waals surface area contributed by atoms with Crippen LogP contribution in [-0.4, -0.2) is 22.5 Å². The van der Waals surface area contributed by atoms with E-state index in [1.807, 2.05) is 0 Å². The number of carboxylic acids is 1. The van der Waals surface area contributed by atoms with E-state index in [1.165, 1.54) is 6.92 Å². The molecule has 0 aromatic heterocycles. The van der Waals surface area contributed by atoms with Gasteiger partial charge in [0, 0.05) is 18.4 Å². The Balaban J connectivity index is 2.48. The Kier molecular flexibility index (Phi) is 2.32. The average Bonchev–Trinajstić information content (AvgIpc) is 1.79. The molecule has 1 atom stereocenters. The summed E-state index contributed by atoms with van der Waals surface area (Å²) in [5.74, 6) is -4.05. The first-order valence-corrected chi connectivity index (χ1v) is 4.11. The van der Waals surface area contributed by atoms with Gasteiger partial charge in [0.05, 0.1) is 6.42 Å². The molecule has 3 nitrogen and oxygen atoms in total. The third kappa shape index (κ3) is 2.37. The first kappa shape index (κ1) is 10.4. The number of rotatable bonds is 3. The summed E-state index contributed by atoms with van der Waals surface area (Å²) < 4.78 is 24.9. The quantitative estimate of drug-likeness (QED) is 0.708. The van der Waals surface area contributed by atoms with E-state index in [4.69, 9.17) is 10.8 Å². The van der Waals surface area contributed by atoms with Crippen molar-refractivity contribution in [3.05, 3.63) is 0 Å². The van der Waals surface area contributed by atoms with E-state index >= 15 is 0 Å². The fourth-order valence-electron chi connectivity index (χ4n) is 1.60. The number of aliphatic carboxylic acids is 1. The molecule has 0 saturated heterocycles. The van der Waals surface area contributed by atoms with Crippen molar-refractivity contribution in [2.75, 3.05) is 0 Å². The lowest BCUT2D eigenvalue weighted by atomic mass is 9.68. The molecule has 1 saturated carbocycles. The van der Waals surface area contributed by atoms with Crippen molar-refractivity contribution >= 4 is 5.97 Å². The number of hydrogen-bond donors (Lipinski definition) is 2. The molecular weight excluding hydrogens is 180 g/mol. The molecule has 5 heteroatoms. The molecule has 1 aliphatic rings. The van der Waals surface area contributed by atoms with E-state index in [0.29, 0.717) is 0 Å². The molecule has 0 radical (unpaired) electrons. The van der Waals surface area contributed by atoms with Crippen LogP contribution in [-0.2, 0) is 4.79 Å². The van der Waals surface area contributed by atoms with Gasteiger partial charge in [0.2, 0.25) is 5.92 Å². The lowest BCUT2D eigenvalue weighted by Crippen LogP contribution is -2.54. The standard InChI is InChI=1S/C8H13F2NO2/c1-7(11,4-6(12)13)5-2-8(9,10)3-5/h5H,2-4,11H2,1H3,(H,12,13). The molecule has 1 unspecified atom stereocenters. The van der Waals surface area contributed by atoms with Crippen molar-refractivity contribution in [1.82, 2.24) is 0 Å². The van der Waals surface area contributed by atoms with Crippen LogP contribution in [0.15, 0.2) is 0 Å². The second-order valence-electron chi connectivity index (χ2n) is 4.04. The van der Waals surface area contributed by atoms with E-state index in [0.717, 1.165) is 0 Å². The van der Waals surface area contributed by atoms with Crippen molar-refractivity contribution in [1.29, 1.82) is 0 Å². The zero-order chi connectivity index (χ0) is 10.3. The third-order valence-electron chi connectivity index (χ3n) is 2.55. The van der Waals surface area contributed by atoms with Crippen LogP contribution in [0.3, 0.4) is 0 Å². The zero-order valence-corrected chi connectivity index (χ0v) is 7.39. The average molecular weight is 193 g/mol. The molecule has 76 valence electrons. The van der Waals surface area contributed by atoms with Crippen LogP contribution in [0.2, 0.25) is 0 Å². The van der Waals surface area contributed by atoms with Gasteiger partial charge in [-0.2, -0.15) is 0 Å². The van der Waals surface area contributed by atoms with Gasteiger partial charge in [0.15, 0.2) is 0 Å². The molecule has 1 aliphatic carbocycles. The van der Waals surface area contributed by atoms with Crippen LogP contribution < -0.4 is 5.73 Å². The number of carboxylic acid groups (broad SMARTS) is 1. The number of alkyl halides is 2. The zero-order valence-electron chi connectivity index (χ0n) is 7.39. The highest BCUT2D eigenvalue weighted by Gasteiger charge is 2.52. The van der Waals surface area contributed by atoms with Gasteiger partial charge < -0.3 is 10.8 Å². The number of hydrogen-bond acceptors (Lipinski definition) is 2. The van der Waals surface area contributed by atoms with Crippen LogP contribution in [0.5, 0.6) is 0 Å². The molecule has 13 heavy (non-hydrogen) atoms. The lowest BCUT2D eigenvalue weighted by Gasteiger charge is -2.44. The lowest BCUT2D eigenvalue weighted by molar-refractivity contribution is -0.147. The van der Waals surface area contributed by atoms with Crippen molar-refractivity contribution in [2.24, 2.45) is 11.7 Å². The van der Waals surface area contributed by atoms with Gasteiger partial charge in [-0.25, -0.2) is 8.78 Å². The Morgan fingerprint density at radius 2 is 2.15 bits per heavy atom. The van der Waals surface area contributed by atoms with Crippen LogP contribution in [0.25, 0.3) is 0 Å². The number of carbonyl (C=O) groups is 1. The van der Waals surface area contributed by atoms with Gasteiger partial charge in [0.25, 0.3) is 0 Å². The van der Waals surface area contributed by atoms with E-state index < -0.39 is 17.4 Å². The minimum absolute atomic E-state index is 0.256. The molecule has 0 bridgehead atoms. The van der Waals surface area contributed by atoms with E-state index in [-0.39, 0.29) is 25.2 Å². The summed E-state index contributed by atoms with van der Waals surface area (Å²) in [7, 11) is 0. The minimum Gasteiger partial charge on any atom is -0.481 e.